The van der Waals surface area contributed by atoms with Gasteiger partial charge in [0.25, 0.3) is 5.91 Å². The highest BCUT2D eigenvalue weighted by molar-refractivity contribution is 14.1. The van der Waals surface area contributed by atoms with E-state index in [0.29, 0.717) is 0 Å². The van der Waals surface area contributed by atoms with E-state index in [2.05, 4.69) is 10.3 Å². The molecule has 0 saturated carbocycles. The van der Waals surface area contributed by atoms with E-state index in [1.165, 1.54) is 30.5 Å². The van der Waals surface area contributed by atoms with E-state index < -0.39 is 11.9 Å². The smallest absolute Gasteiger partial charge is 0.339 e. The van der Waals surface area contributed by atoms with Crippen LogP contribution in [-0.2, 0) is 0 Å². The predicted octanol–water partition coefficient (Wildman–Crippen LogP) is 2.34. The Labute approximate surface area is 127 Å². The Morgan fingerprint density at radius 3 is 2.65 bits per heavy atom. The quantitative estimate of drug-likeness (QED) is 0.706. The summed E-state index contributed by atoms with van der Waals surface area (Å²) in [6.45, 7) is 0. The molecule has 2 rings (SSSR count). The van der Waals surface area contributed by atoms with Gasteiger partial charge in [-0.2, -0.15) is 0 Å². The van der Waals surface area contributed by atoms with Crippen LogP contribution in [0.5, 0.6) is 5.75 Å². The van der Waals surface area contributed by atoms with Crippen LogP contribution >= 0.6 is 22.6 Å². The summed E-state index contributed by atoms with van der Waals surface area (Å²) in [5, 5.41) is 21.0. The number of aromatic nitrogens is 1. The number of phenolic OH excluding ortho intramolecular Hbond substituents is 1. The molecule has 1 aromatic carbocycles. The Hall–Kier alpha value is -2.16. The first-order valence-electron chi connectivity index (χ1n) is 5.47. The molecule has 7 heteroatoms. The first kappa shape index (κ1) is 14.3. The summed E-state index contributed by atoms with van der Waals surface area (Å²) in [6, 6.07) is 7.33. The second-order valence-corrected chi connectivity index (χ2v) is 5.07. The lowest BCUT2D eigenvalue weighted by Gasteiger charge is -2.08. The van der Waals surface area contributed by atoms with Gasteiger partial charge in [0.1, 0.15) is 17.1 Å². The second kappa shape index (κ2) is 5.87. The number of anilines is 1. The standard InChI is InChI=1S/C13H9IN2O4/c14-7-3-4-10(17)9(6-7)12(18)16-11-8(13(19)20)2-1-5-15-11/h1-6,17H,(H,19,20)(H,15,16,18). The molecule has 0 spiro atoms. The third-order valence-electron chi connectivity index (χ3n) is 2.47. The molecule has 0 atom stereocenters. The van der Waals surface area contributed by atoms with Gasteiger partial charge in [0.05, 0.1) is 5.56 Å². The summed E-state index contributed by atoms with van der Waals surface area (Å²) < 4.78 is 0.769. The average molecular weight is 384 g/mol. The van der Waals surface area contributed by atoms with Gasteiger partial charge in [-0.25, -0.2) is 9.78 Å². The summed E-state index contributed by atoms with van der Waals surface area (Å²) in [5.74, 6) is -2.07. The van der Waals surface area contributed by atoms with Crippen molar-refractivity contribution in [3.05, 3.63) is 51.2 Å². The van der Waals surface area contributed by atoms with Gasteiger partial charge in [-0.1, -0.05) is 0 Å². The van der Waals surface area contributed by atoms with E-state index in [-0.39, 0.29) is 22.7 Å². The summed E-state index contributed by atoms with van der Waals surface area (Å²) >= 11 is 2.00. The SMILES string of the molecule is O=C(Nc1ncccc1C(=O)O)c1cc(I)ccc1O. The second-order valence-electron chi connectivity index (χ2n) is 3.82. The van der Waals surface area contributed by atoms with Crippen molar-refractivity contribution in [3.63, 3.8) is 0 Å². The van der Waals surface area contributed by atoms with Crippen molar-refractivity contribution in [1.29, 1.82) is 0 Å². The number of carboxylic acids is 1. The zero-order valence-electron chi connectivity index (χ0n) is 10.0. The number of halogens is 1. The number of aromatic carboxylic acids is 1. The summed E-state index contributed by atoms with van der Waals surface area (Å²) in [4.78, 5) is 26.9. The topological polar surface area (TPSA) is 99.5 Å². The number of pyridine rings is 1. The maximum Gasteiger partial charge on any atom is 0.339 e. The van der Waals surface area contributed by atoms with Gasteiger partial charge in [0.15, 0.2) is 0 Å². The summed E-state index contributed by atoms with van der Waals surface area (Å²) in [7, 11) is 0. The lowest BCUT2D eigenvalue weighted by molar-refractivity contribution is 0.0697. The van der Waals surface area contributed by atoms with Crippen LogP contribution in [-0.4, -0.2) is 27.1 Å². The van der Waals surface area contributed by atoms with Crippen molar-refractivity contribution in [2.45, 2.75) is 0 Å². The number of carboxylic acid groups (broad SMARTS) is 1. The molecule has 0 radical (unpaired) electrons. The van der Waals surface area contributed by atoms with Crippen LogP contribution < -0.4 is 5.32 Å². The van der Waals surface area contributed by atoms with Crippen LogP contribution in [0.25, 0.3) is 0 Å². The van der Waals surface area contributed by atoms with Crippen molar-refractivity contribution < 1.29 is 19.8 Å². The summed E-state index contributed by atoms with van der Waals surface area (Å²) in [5.41, 5.74) is -0.0649. The molecule has 3 N–H and O–H groups in total. The predicted molar refractivity (Wildman–Crippen MR) is 80.0 cm³/mol. The number of rotatable bonds is 3. The first-order valence-corrected chi connectivity index (χ1v) is 6.55. The zero-order chi connectivity index (χ0) is 14.7. The maximum absolute atomic E-state index is 12.1. The largest absolute Gasteiger partial charge is 0.507 e. The molecule has 6 nitrogen and oxygen atoms in total. The molecule has 1 heterocycles. The number of nitrogens with zero attached hydrogens (tertiary/aromatic N) is 1. The van der Waals surface area contributed by atoms with E-state index >= 15 is 0 Å². The lowest BCUT2D eigenvalue weighted by Crippen LogP contribution is -2.16. The van der Waals surface area contributed by atoms with Crippen molar-refractivity contribution in [3.8, 4) is 5.75 Å². The molecule has 20 heavy (non-hydrogen) atoms. The minimum atomic E-state index is -1.19. The molecule has 1 amide bonds. The maximum atomic E-state index is 12.1. The van der Waals surface area contributed by atoms with E-state index in [1.807, 2.05) is 22.6 Å². The van der Waals surface area contributed by atoms with Crippen molar-refractivity contribution in [2.75, 3.05) is 5.32 Å². The molecule has 0 unspecified atom stereocenters. The molecule has 0 fully saturated rings. The van der Waals surface area contributed by atoms with Crippen molar-refractivity contribution in [2.24, 2.45) is 0 Å². The number of hydrogen-bond acceptors (Lipinski definition) is 4. The third kappa shape index (κ3) is 3.05. The van der Waals surface area contributed by atoms with Crippen LogP contribution in [0.15, 0.2) is 36.5 Å². The van der Waals surface area contributed by atoms with E-state index in [9.17, 15) is 14.7 Å². The molecular formula is C13H9IN2O4. The lowest BCUT2D eigenvalue weighted by atomic mass is 10.2. The zero-order valence-corrected chi connectivity index (χ0v) is 12.2. The molecule has 0 bridgehead atoms. The van der Waals surface area contributed by atoms with Gasteiger partial charge < -0.3 is 15.5 Å². The summed E-state index contributed by atoms with van der Waals surface area (Å²) in [6.07, 6.45) is 1.37. The monoisotopic (exact) mass is 384 g/mol. The number of hydrogen-bond donors (Lipinski definition) is 3. The average Bonchev–Trinajstić information content (AvgIpc) is 2.41. The molecule has 0 aliphatic heterocycles. The molecule has 102 valence electrons. The van der Waals surface area contributed by atoms with Crippen LogP contribution in [0.2, 0.25) is 0 Å². The van der Waals surface area contributed by atoms with Crippen LogP contribution in [0.3, 0.4) is 0 Å². The van der Waals surface area contributed by atoms with Gasteiger partial charge in [-0.15, -0.1) is 0 Å². The van der Waals surface area contributed by atoms with Gasteiger partial charge in [0, 0.05) is 9.77 Å². The number of aromatic hydroxyl groups is 1. The normalized spacial score (nSPS) is 10.1. The third-order valence-corrected chi connectivity index (χ3v) is 3.14. The number of phenols is 1. The number of carbonyl (C=O) groups is 2. The van der Waals surface area contributed by atoms with E-state index in [4.69, 9.17) is 5.11 Å². The highest BCUT2D eigenvalue weighted by Gasteiger charge is 2.16. The first-order chi connectivity index (χ1) is 9.49. The van der Waals surface area contributed by atoms with Gasteiger partial charge in [0.2, 0.25) is 0 Å². The fourth-order valence-corrected chi connectivity index (χ4v) is 2.03. The molecule has 0 saturated heterocycles. The number of carbonyl (C=O) groups excluding carboxylic acids is 1. The fraction of sp³-hybridized carbons (Fsp3) is 0. The van der Waals surface area contributed by atoms with E-state index in [0.717, 1.165) is 3.57 Å². The number of nitrogens with one attached hydrogen (secondary N) is 1. The Morgan fingerprint density at radius 1 is 1.20 bits per heavy atom. The van der Waals surface area contributed by atoms with Gasteiger partial charge in [-0.05, 0) is 52.9 Å². The Kier molecular flexibility index (Phi) is 4.18. The highest BCUT2D eigenvalue weighted by Crippen LogP contribution is 2.21. The van der Waals surface area contributed by atoms with Crippen LogP contribution in [0, 0.1) is 3.57 Å². The highest BCUT2D eigenvalue weighted by atomic mass is 127. The minimum absolute atomic E-state index is 0.0545. The number of benzene rings is 1. The van der Waals surface area contributed by atoms with Crippen LogP contribution in [0.4, 0.5) is 5.82 Å². The molecule has 2 aromatic rings. The molecule has 0 aliphatic rings. The molecule has 0 aliphatic carbocycles. The Bertz CT molecular complexity index is 688. The number of amides is 1. The van der Waals surface area contributed by atoms with Crippen molar-refractivity contribution in [1.82, 2.24) is 4.98 Å². The fourth-order valence-electron chi connectivity index (χ4n) is 1.54. The Balaban J connectivity index is 2.33. The minimum Gasteiger partial charge on any atom is -0.507 e. The van der Waals surface area contributed by atoms with Crippen LogP contribution in [0.1, 0.15) is 20.7 Å². The Morgan fingerprint density at radius 2 is 1.95 bits per heavy atom. The van der Waals surface area contributed by atoms with Gasteiger partial charge in [-0.3, -0.25) is 4.79 Å². The van der Waals surface area contributed by atoms with Gasteiger partial charge >= 0.3 is 5.97 Å². The molecule has 1 aromatic heterocycles. The van der Waals surface area contributed by atoms with Crippen molar-refractivity contribution >= 4 is 40.3 Å². The van der Waals surface area contributed by atoms with E-state index in [1.54, 1.807) is 6.07 Å². The molecular weight excluding hydrogens is 375 g/mol.